The van der Waals surface area contributed by atoms with E-state index in [-0.39, 0.29) is 12.0 Å². The van der Waals surface area contributed by atoms with E-state index in [1.807, 2.05) is 4.90 Å². The summed E-state index contributed by atoms with van der Waals surface area (Å²) in [5.41, 5.74) is 0.171. The molecule has 0 aliphatic heterocycles. The largest absolute Gasteiger partial charge is 0.480 e. The van der Waals surface area contributed by atoms with Crippen LogP contribution < -0.4 is 0 Å². The molecule has 1 aliphatic rings. The third kappa shape index (κ3) is 3.24. The maximum atomic E-state index is 10.8. The zero-order valence-electron chi connectivity index (χ0n) is 10.2. The van der Waals surface area contributed by atoms with E-state index in [0.29, 0.717) is 12.6 Å². The Kier molecular flexibility index (Phi) is 4.37. The summed E-state index contributed by atoms with van der Waals surface area (Å²) in [6.07, 6.45) is 9.94. The highest BCUT2D eigenvalue weighted by atomic mass is 16.4. The fourth-order valence-electron chi connectivity index (χ4n) is 2.72. The first kappa shape index (κ1) is 13.1. The van der Waals surface area contributed by atoms with Gasteiger partial charge in [0.05, 0.1) is 13.1 Å². The van der Waals surface area contributed by atoms with Gasteiger partial charge in [-0.05, 0) is 18.3 Å². The van der Waals surface area contributed by atoms with Gasteiger partial charge in [-0.15, -0.1) is 6.42 Å². The Morgan fingerprint density at radius 1 is 1.56 bits per heavy atom. The van der Waals surface area contributed by atoms with E-state index in [1.165, 1.54) is 12.8 Å². The van der Waals surface area contributed by atoms with Crippen LogP contribution >= 0.6 is 0 Å². The molecule has 0 aromatic carbocycles. The van der Waals surface area contributed by atoms with E-state index in [2.05, 4.69) is 19.8 Å². The van der Waals surface area contributed by atoms with Crippen LogP contribution in [0.1, 0.15) is 39.5 Å². The van der Waals surface area contributed by atoms with Gasteiger partial charge in [-0.2, -0.15) is 0 Å². The van der Waals surface area contributed by atoms with Gasteiger partial charge in [0.1, 0.15) is 0 Å². The molecule has 90 valence electrons. The maximum absolute atomic E-state index is 10.8. The summed E-state index contributed by atoms with van der Waals surface area (Å²) in [4.78, 5) is 12.8. The normalized spacial score (nSPS) is 24.0. The van der Waals surface area contributed by atoms with Gasteiger partial charge in [0, 0.05) is 6.04 Å². The van der Waals surface area contributed by atoms with Crippen molar-refractivity contribution < 1.29 is 9.90 Å². The molecule has 1 fully saturated rings. The summed E-state index contributed by atoms with van der Waals surface area (Å²) in [6, 6.07) is 0.299. The second-order valence-electron chi connectivity index (χ2n) is 5.25. The molecule has 3 nitrogen and oxygen atoms in total. The Balaban J connectivity index is 2.75. The lowest BCUT2D eigenvalue weighted by Gasteiger charge is -2.44. The van der Waals surface area contributed by atoms with Crippen LogP contribution in [0.2, 0.25) is 0 Å². The second kappa shape index (κ2) is 5.36. The number of terminal acetylenes is 1. The zero-order chi connectivity index (χ0) is 12.2. The minimum absolute atomic E-state index is 0.0539. The molecule has 1 rings (SSSR count). The third-order valence-electron chi connectivity index (χ3n) is 3.52. The number of nitrogens with zero attached hydrogens (tertiary/aromatic N) is 1. The number of rotatable bonds is 4. The van der Waals surface area contributed by atoms with Crippen molar-refractivity contribution in [1.29, 1.82) is 0 Å². The molecule has 0 spiro atoms. The highest BCUT2D eigenvalue weighted by Gasteiger charge is 2.36. The molecule has 0 bridgehead atoms. The van der Waals surface area contributed by atoms with Gasteiger partial charge in [0.15, 0.2) is 0 Å². The summed E-state index contributed by atoms with van der Waals surface area (Å²) < 4.78 is 0. The summed E-state index contributed by atoms with van der Waals surface area (Å²) in [5, 5.41) is 8.90. The molecule has 3 heteroatoms. The predicted octanol–water partition coefficient (Wildman–Crippen LogP) is 1.97. The average Bonchev–Trinajstić information content (AvgIpc) is 2.15. The molecule has 1 N–H and O–H groups in total. The van der Waals surface area contributed by atoms with E-state index in [4.69, 9.17) is 11.5 Å². The summed E-state index contributed by atoms with van der Waals surface area (Å²) in [5.74, 6) is 1.78. The Labute approximate surface area is 97.8 Å². The fraction of sp³-hybridized carbons (Fsp3) is 0.769. The minimum Gasteiger partial charge on any atom is -0.480 e. The van der Waals surface area contributed by atoms with Crippen molar-refractivity contribution in [2.75, 3.05) is 13.1 Å². The van der Waals surface area contributed by atoms with Crippen molar-refractivity contribution in [2.45, 2.75) is 45.6 Å². The quantitative estimate of drug-likeness (QED) is 0.741. The number of carboxylic acid groups (broad SMARTS) is 1. The molecule has 0 aromatic heterocycles. The molecule has 0 saturated heterocycles. The van der Waals surface area contributed by atoms with Crippen molar-refractivity contribution in [3.63, 3.8) is 0 Å². The number of carboxylic acids is 1. The van der Waals surface area contributed by atoms with E-state index < -0.39 is 5.97 Å². The van der Waals surface area contributed by atoms with Crippen molar-refractivity contribution in [3.8, 4) is 12.3 Å². The number of aliphatic carboxylic acids is 1. The van der Waals surface area contributed by atoms with Gasteiger partial charge in [-0.25, -0.2) is 0 Å². The molecular formula is C13H21NO2. The third-order valence-corrected chi connectivity index (χ3v) is 3.52. The topological polar surface area (TPSA) is 40.5 Å². The van der Waals surface area contributed by atoms with E-state index in [1.54, 1.807) is 0 Å². The van der Waals surface area contributed by atoms with Crippen molar-refractivity contribution >= 4 is 5.97 Å². The van der Waals surface area contributed by atoms with Crippen LogP contribution in [-0.2, 0) is 4.79 Å². The zero-order valence-corrected chi connectivity index (χ0v) is 10.2. The molecule has 1 unspecified atom stereocenters. The van der Waals surface area contributed by atoms with Crippen molar-refractivity contribution in [2.24, 2.45) is 5.41 Å². The van der Waals surface area contributed by atoms with Gasteiger partial charge in [-0.1, -0.05) is 32.6 Å². The number of hydrogen-bond donors (Lipinski definition) is 1. The van der Waals surface area contributed by atoms with Crippen LogP contribution in [0.4, 0.5) is 0 Å². The van der Waals surface area contributed by atoms with E-state index >= 15 is 0 Å². The Morgan fingerprint density at radius 3 is 2.75 bits per heavy atom. The monoisotopic (exact) mass is 223 g/mol. The molecule has 16 heavy (non-hydrogen) atoms. The molecule has 0 heterocycles. The summed E-state index contributed by atoms with van der Waals surface area (Å²) >= 11 is 0. The van der Waals surface area contributed by atoms with Crippen LogP contribution in [0.3, 0.4) is 0 Å². The number of carbonyl (C=O) groups is 1. The van der Waals surface area contributed by atoms with Gasteiger partial charge in [0.25, 0.3) is 0 Å². The van der Waals surface area contributed by atoms with Crippen LogP contribution in [-0.4, -0.2) is 35.1 Å². The smallest absolute Gasteiger partial charge is 0.317 e. The summed E-state index contributed by atoms with van der Waals surface area (Å²) in [7, 11) is 0. The second-order valence-corrected chi connectivity index (χ2v) is 5.25. The Bertz CT molecular complexity index is 291. The lowest BCUT2D eigenvalue weighted by Crippen LogP contribution is -2.49. The van der Waals surface area contributed by atoms with E-state index in [0.717, 1.165) is 12.8 Å². The average molecular weight is 223 g/mol. The van der Waals surface area contributed by atoms with Crippen LogP contribution in [0.25, 0.3) is 0 Å². The molecule has 1 aliphatic carbocycles. The lowest BCUT2D eigenvalue weighted by molar-refractivity contribution is -0.139. The Morgan fingerprint density at radius 2 is 2.25 bits per heavy atom. The molecule has 0 amide bonds. The van der Waals surface area contributed by atoms with Crippen LogP contribution in [0, 0.1) is 17.8 Å². The van der Waals surface area contributed by atoms with Crippen molar-refractivity contribution in [1.82, 2.24) is 4.90 Å². The fourth-order valence-corrected chi connectivity index (χ4v) is 2.72. The highest BCUT2D eigenvalue weighted by Crippen LogP contribution is 2.38. The lowest BCUT2D eigenvalue weighted by atomic mass is 9.72. The van der Waals surface area contributed by atoms with E-state index in [9.17, 15) is 4.79 Å². The molecule has 0 aromatic rings. The first-order valence-electron chi connectivity index (χ1n) is 5.86. The first-order chi connectivity index (χ1) is 7.47. The minimum atomic E-state index is -0.795. The van der Waals surface area contributed by atoms with Crippen LogP contribution in [0.5, 0.6) is 0 Å². The van der Waals surface area contributed by atoms with Crippen LogP contribution in [0.15, 0.2) is 0 Å². The predicted molar refractivity (Wildman–Crippen MR) is 64.1 cm³/mol. The Hall–Kier alpha value is -1.01. The van der Waals surface area contributed by atoms with Gasteiger partial charge >= 0.3 is 5.97 Å². The van der Waals surface area contributed by atoms with Gasteiger partial charge in [-0.3, -0.25) is 9.69 Å². The summed E-state index contributed by atoms with van der Waals surface area (Å²) in [6.45, 7) is 4.91. The number of hydrogen-bond acceptors (Lipinski definition) is 2. The van der Waals surface area contributed by atoms with Crippen molar-refractivity contribution in [3.05, 3.63) is 0 Å². The molecule has 1 saturated carbocycles. The highest BCUT2D eigenvalue weighted by molar-refractivity contribution is 5.69. The SMILES string of the molecule is C#CCN(CC(=O)O)C1CCCCC1(C)C. The standard InChI is InChI=1S/C13H21NO2/c1-4-9-14(10-12(15)16)11-7-5-6-8-13(11,2)3/h1,11H,5-10H2,2-3H3,(H,15,16). The first-order valence-corrected chi connectivity index (χ1v) is 5.86. The molecule has 1 atom stereocenters. The maximum Gasteiger partial charge on any atom is 0.317 e. The molecule has 0 radical (unpaired) electrons. The van der Waals surface area contributed by atoms with Gasteiger partial charge in [0.2, 0.25) is 0 Å². The molecular weight excluding hydrogens is 202 g/mol. The van der Waals surface area contributed by atoms with Gasteiger partial charge < -0.3 is 5.11 Å².